The number of hydrogen-bond donors (Lipinski definition) is 2. The SMILES string of the molecule is CNC(=O)c1cc(Br)cc(Br)c1NC(C)=O. The number of halogens is 2. The third kappa shape index (κ3) is 3.05. The van der Waals surface area contributed by atoms with Crippen molar-refractivity contribution in [3.63, 3.8) is 0 Å². The molecule has 0 unspecified atom stereocenters. The Bertz CT molecular complexity index is 447. The maximum atomic E-state index is 11.6. The van der Waals surface area contributed by atoms with Crippen LogP contribution in [0.5, 0.6) is 0 Å². The van der Waals surface area contributed by atoms with Crippen molar-refractivity contribution in [2.45, 2.75) is 6.92 Å². The van der Waals surface area contributed by atoms with Crippen LogP contribution in [0.4, 0.5) is 5.69 Å². The smallest absolute Gasteiger partial charge is 0.253 e. The molecule has 0 saturated carbocycles. The maximum absolute atomic E-state index is 11.6. The molecule has 0 aliphatic rings. The van der Waals surface area contributed by atoms with E-state index in [2.05, 4.69) is 42.5 Å². The molecule has 0 heterocycles. The van der Waals surface area contributed by atoms with Crippen molar-refractivity contribution >= 4 is 49.4 Å². The summed E-state index contributed by atoms with van der Waals surface area (Å²) in [5.41, 5.74) is 0.869. The van der Waals surface area contributed by atoms with E-state index in [0.29, 0.717) is 15.7 Å². The van der Waals surface area contributed by atoms with Crippen LogP contribution in [0.15, 0.2) is 21.1 Å². The highest BCUT2D eigenvalue weighted by molar-refractivity contribution is 9.11. The van der Waals surface area contributed by atoms with Crippen molar-refractivity contribution < 1.29 is 9.59 Å². The van der Waals surface area contributed by atoms with E-state index in [9.17, 15) is 9.59 Å². The standard InChI is InChI=1S/C10H10Br2N2O2/c1-5(15)14-9-7(10(16)13-2)3-6(11)4-8(9)12/h3-4H,1-2H3,(H,13,16)(H,14,15). The molecule has 16 heavy (non-hydrogen) atoms. The Balaban J connectivity index is 3.31. The summed E-state index contributed by atoms with van der Waals surface area (Å²) in [6, 6.07) is 3.41. The lowest BCUT2D eigenvalue weighted by atomic mass is 10.1. The van der Waals surface area contributed by atoms with Gasteiger partial charge >= 0.3 is 0 Å². The van der Waals surface area contributed by atoms with Gasteiger partial charge in [0.2, 0.25) is 5.91 Å². The predicted molar refractivity (Wildman–Crippen MR) is 69.5 cm³/mol. The van der Waals surface area contributed by atoms with E-state index in [1.54, 1.807) is 12.1 Å². The van der Waals surface area contributed by atoms with Crippen LogP contribution >= 0.6 is 31.9 Å². The molecule has 0 radical (unpaired) electrons. The van der Waals surface area contributed by atoms with Gasteiger partial charge in [0.15, 0.2) is 0 Å². The average Bonchev–Trinajstić information content (AvgIpc) is 2.20. The number of amides is 2. The van der Waals surface area contributed by atoms with E-state index in [4.69, 9.17) is 0 Å². The van der Waals surface area contributed by atoms with Gasteiger partial charge in [0.05, 0.1) is 11.3 Å². The minimum absolute atomic E-state index is 0.229. The Morgan fingerprint density at radius 2 is 1.88 bits per heavy atom. The van der Waals surface area contributed by atoms with Crippen molar-refractivity contribution in [1.29, 1.82) is 0 Å². The first-order chi connectivity index (χ1) is 7.45. The topological polar surface area (TPSA) is 58.2 Å². The van der Waals surface area contributed by atoms with Crippen molar-refractivity contribution in [1.82, 2.24) is 5.32 Å². The molecule has 0 aromatic heterocycles. The third-order valence-electron chi connectivity index (χ3n) is 1.83. The van der Waals surface area contributed by atoms with Gasteiger partial charge in [-0.3, -0.25) is 9.59 Å². The van der Waals surface area contributed by atoms with E-state index in [1.165, 1.54) is 14.0 Å². The van der Waals surface area contributed by atoms with Crippen LogP contribution in [0.3, 0.4) is 0 Å². The van der Waals surface area contributed by atoms with Crippen molar-refractivity contribution in [3.05, 3.63) is 26.6 Å². The maximum Gasteiger partial charge on any atom is 0.253 e. The first-order valence-corrected chi connectivity index (χ1v) is 6.03. The van der Waals surface area contributed by atoms with Crippen molar-refractivity contribution in [2.24, 2.45) is 0 Å². The van der Waals surface area contributed by atoms with E-state index in [-0.39, 0.29) is 11.8 Å². The molecule has 0 aliphatic heterocycles. The second-order valence-electron chi connectivity index (χ2n) is 3.07. The summed E-state index contributed by atoms with van der Waals surface area (Å²) < 4.78 is 1.41. The van der Waals surface area contributed by atoms with Crippen LogP contribution in [0, 0.1) is 0 Å². The lowest BCUT2D eigenvalue weighted by Gasteiger charge is -2.11. The minimum Gasteiger partial charge on any atom is -0.355 e. The summed E-state index contributed by atoms with van der Waals surface area (Å²) in [5.74, 6) is -0.487. The molecular formula is C10H10Br2N2O2. The molecule has 1 rings (SSSR count). The largest absolute Gasteiger partial charge is 0.355 e. The van der Waals surface area contributed by atoms with Crippen LogP contribution in [-0.4, -0.2) is 18.9 Å². The predicted octanol–water partition coefficient (Wildman–Crippen LogP) is 2.53. The summed E-state index contributed by atoms with van der Waals surface area (Å²) in [5, 5.41) is 5.13. The number of carbonyl (C=O) groups is 2. The Labute approximate surface area is 110 Å². The molecule has 0 fully saturated rings. The number of carbonyl (C=O) groups excluding carboxylic acids is 2. The summed E-state index contributed by atoms with van der Waals surface area (Å²) >= 11 is 6.59. The molecule has 4 nitrogen and oxygen atoms in total. The molecule has 2 amide bonds. The van der Waals surface area contributed by atoms with Crippen LogP contribution in [-0.2, 0) is 4.79 Å². The van der Waals surface area contributed by atoms with Crippen LogP contribution in [0.2, 0.25) is 0 Å². The van der Waals surface area contributed by atoms with E-state index < -0.39 is 0 Å². The van der Waals surface area contributed by atoms with Crippen LogP contribution in [0.1, 0.15) is 17.3 Å². The minimum atomic E-state index is -0.259. The Kier molecular flexibility index (Phi) is 4.49. The van der Waals surface area contributed by atoms with Gasteiger partial charge in [-0.15, -0.1) is 0 Å². The molecule has 1 aromatic carbocycles. The Morgan fingerprint density at radius 1 is 1.25 bits per heavy atom. The van der Waals surface area contributed by atoms with Gasteiger partial charge < -0.3 is 10.6 Å². The van der Waals surface area contributed by atoms with Crippen LogP contribution < -0.4 is 10.6 Å². The number of anilines is 1. The fourth-order valence-electron chi connectivity index (χ4n) is 1.19. The highest BCUT2D eigenvalue weighted by atomic mass is 79.9. The molecule has 0 bridgehead atoms. The summed E-state index contributed by atoms with van der Waals surface area (Å²) in [4.78, 5) is 22.7. The zero-order valence-electron chi connectivity index (χ0n) is 8.73. The quantitative estimate of drug-likeness (QED) is 0.861. The summed E-state index contributed by atoms with van der Waals surface area (Å²) in [7, 11) is 1.54. The molecular weight excluding hydrogens is 340 g/mol. The third-order valence-corrected chi connectivity index (χ3v) is 2.91. The molecule has 0 saturated heterocycles. The zero-order chi connectivity index (χ0) is 12.3. The fourth-order valence-corrected chi connectivity index (χ4v) is 2.51. The molecule has 0 spiro atoms. The average molecular weight is 350 g/mol. The molecule has 86 valence electrons. The Hall–Kier alpha value is -0.880. The normalized spacial score (nSPS) is 9.75. The van der Waals surface area contributed by atoms with E-state index in [1.807, 2.05) is 0 Å². The highest BCUT2D eigenvalue weighted by Gasteiger charge is 2.15. The van der Waals surface area contributed by atoms with Gasteiger partial charge in [0.25, 0.3) is 5.91 Å². The molecule has 6 heteroatoms. The lowest BCUT2D eigenvalue weighted by molar-refractivity contribution is -0.114. The van der Waals surface area contributed by atoms with Crippen molar-refractivity contribution in [2.75, 3.05) is 12.4 Å². The molecule has 1 aromatic rings. The van der Waals surface area contributed by atoms with Gasteiger partial charge in [0, 0.05) is 22.9 Å². The zero-order valence-corrected chi connectivity index (χ0v) is 11.9. The Morgan fingerprint density at radius 3 is 2.38 bits per heavy atom. The molecule has 2 N–H and O–H groups in total. The number of hydrogen-bond acceptors (Lipinski definition) is 2. The summed E-state index contributed by atoms with van der Waals surface area (Å²) in [6.07, 6.45) is 0. The van der Waals surface area contributed by atoms with E-state index in [0.717, 1.165) is 4.47 Å². The first-order valence-electron chi connectivity index (χ1n) is 4.44. The van der Waals surface area contributed by atoms with E-state index >= 15 is 0 Å². The lowest BCUT2D eigenvalue weighted by Crippen LogP contribution is -2.21. The number of nitrogens with one attached hydrogen (secondary N) is 2. The monoisotopic (exact) mass is 348 g/mol. The highest BCUT2D eigenvalue weighted by Crippen LogP contribution is 2.30. The van der Waals surface area contributed by atoms with Gasteiger partial charge in [-0.2, -0.15) is 0 Å². The summed E-state index contributed by atoms with van der Waals surface area (Å²) in [6.45, 7) is 1.39. The second kappa shape index (κ2) is 5.45. The van der Waals surface area contributed by atoms with Gasteiger partial charge in [0.1, 0.15) is 0 Å². The first kappa shape index (κ1) is 13.2. The van der Waals surface area contributed by atoms with Gasteiger partial charge in [-0.1, -0.05) is 15.9 Å². The van der Waals surface area contributed by atoms with Crippen molar-refractivity contribution in [3.8, 4) is 0 Å². The fraction of sp³-hybridized carbons (Fsp3) is 0.200. The number of benzene rings is 1. The second-order valence-corrected chi connectivity index (χ2v) is 4.84. The number of rotatable bonds is 2. The van der Waals surface area contributed by atoms with Crippen LogP contribution in [0.25, 0.3) is 0 Å². The molecule has 0 atom stereocenters. The van der Waals surface area contributed by atoms with Gasteiger partial charge in [-0.25, -0.2) is 0 Å². The molecule has 0 aliphatic carbocycles. The van der Waals surface area contributed by atoms with Gasteiger partial charge in [-0.05, 0) is 28.1 Å².